The quantitative estimate of drug-likeness (QED) is 0.554. The largest absolute Gasteiger partial charge is 0.421 e. The average Bonchev–Trinajstić information content (AvgIpc) is 2.42. The van der Waals surface area contributed by atoms with Crippen molar-refractivity contribution in [1.29, 1.82) is 0 Å². The van der Waals surface area contributed by atoms with E-state index in [4.69, 9.17) is 8.83 Å². The molecule has 2 heterocycles. The number of fused-ring (bicyclic) bond motifs is 1. The summed E-state index contributed by atoms with van der Waals surface area (Å²) in [6.45, 7) is 0. The highest BCUT2D eigenvalue weighted by molar-refractivity contribution is 5.79. The van der Waals surface area contributed by atoms with Gasteiger partial charge >= 0.3 is 5.78 Å². The Labute approximate surface area is 55.4 Å². The summed E-state index contributed by atoms with van der Waals surface area (Å²) in [5, 5.41) is 0. The molecular formula is C6H3NO3. The zero-order chi connectivity index (χ0) is 6.97. The van der Waals surface area contributed by atoms with Gasteiger partial charge in [0.25, 0.3) is 0 Å². The molecule has 0 unspecified atom stereocenters. The number of carbonyl (C=O) groups excluding carboxylic acids is 1. The Bertz CT molecular complexity index is 331. The summed E-state index contributed by atoms with van der Waals surface area (Å²) in [5.74, 6) is 0.531. The highest BCUT2D eigenvalue weighted by Crippen LogP contribution is 2.15. The number of furan rings is 1. The van der Waals surface area contributed by atoms with Crippen LogP contribution in [0.2, 0.25) is 0 Å². The lowest BCUT2D eigenvalue weighted by Crippen LogP contribution is -1.67. The van der Waals surface area contributed by atoms with Crippen molar-refractivity contribution >= 4 is 17.6 Å². The molecule has 0 fully saturated rings. The molecular weight excluding hydrogens is 134 g/mol. The van der Waals surface area contributed by atoms with E-state index in [2.05, 4.69) is 4.98 Å². The summed E-state index contributed by atoms with van der Waals surface area (Å²) in [6.07, 6.45) is 1.87. The van der Waals surface area contributed by atoms with Gasteiger partial charge in [-0.3, -0.25) is 4.79 Å². The summed E-state index contributed by atoms with van der Waals surface area (Å²) in [6, 6.07) is 1.52. The van der Waals surface area contributed by atoms with E-state index in [1.807, 2.05) is 0 Å². The van der Waals surface area contributed by atoms with Crippen molar-refractivity contribution in [3.05, 3.63) is 18.2 Å². The van der Waals surface area contributed by atoms with E-state index >= 15 is 0 Å². The third-order valence-corrected chi connectivity index (χ3v) is 1.17. The Balaban J connectivity index is 2.78. The lowest BCUT2D eigenvalue weighted by Gasteiger charge is -1.72. The predicted octanol–water partition coefficient (Wildman–Crippen LogP) is 1.23. The molecule has 4 heteroatoms. The van der Waals surface area contributed by atoms with Gasteiger partial charge in [-0.05, 0) is 0 Å². The van der Waals surface area contributed by atoms with Crippen molar-refractivity contribution in [2.45, 2.75) is 0 Å². The first-order valence-corrected chi connectivity index (χ1v) is 2.68. The molecule has 50 valence electrons. The highest BCUT2D eigenvalue weighted by Gasteiger charge is 2.04. The zero-order valence-corrected chi connectivity index (χ0v) is 4.90. The summed E-state index contributed by atoms with van der Waals surface area (Å²) in [5.41, 5.74) is 0.571. The van der Waals surface area contributed by atoms with Crippen LogP contribution >= 0.6 is 0 Å². The Kier molecular flexibility index (Phi) is 0.887. The van der Waals surface area contributed by atoms with Crippen LogP contribution in [0.1, 0.15) is 10.6 Å². The summed E-state index contributed by atoms with van der Waals surface area (Å²) in [7, 11) is 0. The average molecular weight is 137 g/mol. The molecule has 0 amide bonds. The molecule has 10 heavy (non-hydrogen) atoms. The van der Waals surface area contributed by atoms with Crippen molar-refractivity contribution in [3.8, 4) is 0 Å². The maximum Gasteiger partial charge on any atom is 0.318 e. The Hall–Kier alpha value is -1.58. The lowest BCUT2D eigenvalue weighted by molar-refractivity contribution is 0.110. The van der Waals surface area contributed by atoms with Gasteiger partial charge in [0.1, 0.15) is 0 Å². The normalized spacial score (nSPS) is 10.4. The van der Waals surface area contributed by atoms with E-state index in [0.717, 1.165) is 0 Å². The van der Waals surface area contributed by atoms with Gasteiger partial charge in [-0.15, -0.1) is 0 Å². The van der Waals surface area contributed by atoms with E-state index in [9.17, 15) is 4.79 Å². The van der Waals surface area contributed by atoms with Crippen molar-refractivity contribution in [1.82, 2.24) is 4.98 Å². The van der Waals surface area contributed by atoms with Crippen molar-refractivity contribution in [3.63, 3.8) is 0 Å². The van der Waals surface area contributed by atoms with Crippen LogP contribution in [-0.2, 0) is 0 Å². The first kappa shape index (κ1) is 5.22. The number of hydrogen-bond acceptors (Lipinski definition) is 4. The summed E-state index contributed by atoms with van der Waals surface area (Å²) < 4.78 is 9.62. The molecule has 0 aliphatic carbocycles. The predicted molar refractivity (Wildman–Crippen MR) is 31.7 cm³/mol. The molecule has 4 nitrogen and oxygen atoms in total. The second kappa shape index (κ2) is 1.70. The molecule has 0 N–H and O–H groups in total. The number of nitrogens with zero attached hydrogens (tertiary/aromatic N) is 1. The SMILES string of the molecule is O=Cc1cc2ncoc2o1. The molecule has 0 aliphatic rings. The van der Waals surface area contributed by atoms with Gasteiger partial charge in [-0.1, -0.05) is 0 Å². The van der Waals surface area contributed by atoms with E-state index in [-0.39, 0.29) is 5.76 Å². The minimum Gasteiger partial charge on any atom is -0.421 e. The Morgan fingerprint density at radius 2 is 2.50 bits per heavy atom. The molecule has 0 aliphatic heterocycles. The van der Waals surface area contributed by atoms with Gasteiger partial charge in [0, 0.05) is 6.07 Å². The monoisotopic (exact) mass is 137 g/mol. The summed E-state index contributed by atoms with van der Waals surface area (Å²) in [4.78, 5) is 13.9. The number of carbonyl (C=O) groups is 1. The minimum atomic E-state index is 0.238. The van der Waals surface area contributed by atoms with E-state index in [1.165, 1.54) is 12.5 Å². The van der Waals surface area contributed by atoms with Gasteiger partial charge in [-0.2, -0.15) is 0 Å². The second-order valence-corrected chi connectivity index (χ2v) is 1.79. The number of aldehydes is 1. The van der Waals surface area contributed by atoms with E-state index in [1.54, 1.807) is 0 Å². The van der Waals surface area contributed by atoms with Crippen molar-refractivity contribution in [2.75, 3.05) is 0 Å². The number of hydrogen-bond donors (Lipinski definition) is 0. The highest BCUT2D eigenvalue weighted by atomic mass is 16.5. The fourth-order valence-electron chi connectivity index (χ4n) is 0.746. The van der Waals surface area contributed by atoms with Crippen LogP contribution in [0.15, 0.2) is 21.3 Å². The molecule has 0 saturated heterocycles. The van der Waals surface area contributed by atoms with E-state index in [0.29, 0.717) is 17.6 Å². The van der Waals surface area contributed by atoms with Crippen molar-refractivity contribution in [2.24, 2.45) is 0 Å². The molecule has 0 aromatic carbocycles. The van der Waals surface area contributed by atoms with Crippen LogP contribution in [-0.4, -0.2) is 11.3 Å². The maximum atomic E-state index is 10.1. The molecule has 0 bridgehead atoms. The number of rotatable bonds is 1. The molecule has 0 spiro atoms. The van der Waals surface area contributed by atoms with Gasteiger partial charge < -0.3 is 8.83 Å². The smallest absolute Gasteiger partial charge is 0.318 e. The third-order valence-electron chi connectivity index (χ3n) is 1.17. The van der Waals surface area contributed by atoms with Crippen LogP contribution in [0.3, 0.4) is 0 Å². The van der Waals surface area contributed by atoms with Crippen LogP contribution in [0.25, 0.3) is 11.3 Å². The molecule has 2 aromatic rings. The second-order valence-electron chi connectivity index (χ2n) is 1.79. The first-order valence-electron chi connectivity index (χ1n) is 2.68. The van der Waals surface area contributed by atoms with Crippen LogP contribution < -0.4 is 0 Å². The van der Waals surface area contributed by atoms with Gasteiger partial charge in [0.15, 0.2) is 24.0 Å². The number of oxazole rings is 1. The van der Waals surface area contributed by atoms with Crippen LogP contribution in [0, 0.1) is 0 Å². The fraction of sp³-hybridized carbons (Fsp3) is 0. The van der Waals surface area contributed by atoms with Gasteiger partial charge in [0.2, 0.25) is 0 Å². The first-order chi connectivity index (χ1) is 4.90. The Morgan fingerprint density at radius 1 is 1.60 bits per heavy atom. The number of aromatic nitrogens is 1. The molecule has 0 saturated carbocycles. The van der Waals surface area contributed by atoms with Crippen molar-refractivity contribution < 1.29 is 13.6 Å². The lowest BCUT2D eigenvalue weighted by atomic mass is 10.5. The van der Waals surface area contributed by atoms with Crippen LogP contribution in [0.5, 0.6) is 0 Å². The minimum absolute atomic E-state index is 0.238. The standard InChI is InChI=1S/C6H3NO3/c8-2-4-1-5-6(10-4)9-3-7-5/h1-3H. The molecule has 2 aromatic heterocycles. The topological polar surface area (TPSA) is 56.2 Å². The van der Waals surface area contributed by atoms with E-state index < -0.39 is 0 Å². The molecule has 0 atom stereocenters. The zero-order valence-electron chi connectivity index (χ0n) is 4.90. The Morgan fingerprint density at radius 3 is 3.20 bits per heavy atom. The molecule has 0 radical (unpaired) electrons. The fourth-order valence-corrected chi connectivity index (χ4v) is 0.746. The molecule has 2 rings (SSSR count). The van der Waals surface area contributed by atoms with Gasteiger partial charge in [0.05, 0.1) is 0 Å². The maximum absolute atomic E-state index is 10.1. The third kappa shape index (κ3) is 0.556. The summed E-state index contributed by atoms with van der Waals surface area (Å²) >= 11 is 0. The van der Waals surface area contributed by atoms with Gasteiger partial charge in [-0.25, -0.2) is 4.98 Å². The van der Waals surface area contributed by atoms with Crippen LogP contribution in [0.4, 0.5) is 0 Å².